The summed E-state index contributed by atoms with van der Waals surface area (Å²) in [6.07, 6.45) is 0.0931. The number of hydrogen-bond acceptors (Lipinski definition) is 4. The van der Waals surface area contributed by atoms with Crippen LogP contribution in [0.5, 0.6) is 0 Å². The van der Waals surface area contributed by atoms with E-state index in [-0.39, 0.29) is 30.2 Å². The van der Waals surface area contributed by atoms with Gasteiger partial charge in [0.1, 0.15) is 18.5 Å². The van der Waals surface area contributed by atoms with Gasteiger partial charge in [-0.2, -0.15) is 0 Å². The number of carboxylic acid groups (broad SMARTS) is 1. The summed E-state index contributed by atoms with van der Waals surface area (Å²) in [5, 5.41) is 14.0. The summed E-state index contributed by atoms with van der Waals surface area (Å²) in [5.41, 5.74) is 3.90. The predicted octanol–water partition coefficient (Wildman–Crippen LogP) is 5.17. The Kier molecular flexibility index (Phi) is 7.10. The molecule has 0 heterocycles. The fourth-order valence-corrected chi connectivity index (χ4v) is 4.31. The normalized spacial score (nSPS) is 12.9. The number of benzene rings is 3. The maximum Gasteiger partial charge on any atom is 0.407 e. The number of nitrogens with one attached hydrogen (secondary N) is 2. The maximum atomic E-state index is 14.1. The highest BCUT2D eigenvalue weighted by atomic mass is 19.1. The van der Waals surface area contributed by atoms with Gasteiger partial charge in [-0.15, -0.1) is 0 Å². The Morgan fingerprint density at radius 3 is 2.23 bits per heavy atom. The van der Waals surface area contributed by atoms with Gasteiger partial charge < -0.3 is 20.5 Å². The van der Waals surface area contributed by atoms with Gasteiger partial charge in [-0.1, -0.05) is 61.9 Å². The fraction of sp³-hybridized carbons (Fsp3) is 0.222. The van der Waals surface area contributed by atoms with Crippen LogP contribution < -0.4 is 10.6 Å². The summed E-state index contributed by atoms with van der Waals surface area (Å²) >= 11 is 0. The third-order valence-electron chi connectivity index (χ3n) is 6.00. The first kappa shape index (κ1) is 23.9. The Balaban J connectivity index is 1.42. The lowest BCUT2D eigenvalue weighted by Crippen LogP contribution is -2.44. The molecule has 0 saturated carbocycles. The third-order valence-corrected chi connectivity index (χ3v) is 6.00. The number of fused-ring (bicyclic) bond motifs is 3. The average molecular weight is 477 g/mol. The van der Waals surface area contributed by atoms with Gasteiger partial charge in [0.15, 0.2) is 0 Å². The highest BCUT2D eigenvalue weighted by Gasteiger charge is 2.30. The lowest BCUT2D eigenvalue weighted by molar-refractivity contribution is -0.118. The average Bonchev–Trinajstić information content (AvgIpc) is 3.17. The number of carboxylic acids is 1. The van der Waals surface area contributed by atoms with Gasteiger partial charge in [0.2, 0.25) is 5.91 Å². The highest BCUT2D eigenvalue weighted by molar-refractivity contribution is 5.98. The Bertz CT molecular complexity index is 1230. The molecule has 4 rings (SSSR count). The van der Waals surface area contributed by atoms with E-state index < -0.39 is 29.8 Å². The van der Waals surface area contributed by atoms with Crippen LogP contribution in [0.25, 0.3) is 11.1 Å². The topological polar surface area (TPSA) is 105 Å². The quantitative estimate of drug-likeness (QED) is 0.416. The van der Waals surface area contributed by atoms with Crippen LogP contribution in [-0.2, 0) is 9.53 Å². The number of carbonyl (C=O) groups is 3. The Morgan fingerprint density at radius 2 is 1.63 bits per heavy atom. The third kappa shape index (κ3) is 5.16. The molecule has 0 saturated heterocycles. The van der Waals surface area contributed by atoms with Crippen LogP contribution in [0.1, 0.15) is 47.2 Å². The molecule has 0 aromatic heterocycles. The van der Waals surface area contributed by atoms with Crippen molar-refractivity contribution in [3.8, 4) is 11.1 Å². The number of anilines is 1. The number of rotatable bonds is 8. The van der Waals surface area contributed by atoms with E-state index in [0.29, 0.717) is 6.42 Å². The summed E-state index contributed by atoms with van der Waals surface area (Å²) in [4.78, 5) is 36.5. The second-order valence-corrected chi connectivity index (χ2v) is 8.30. The van der Waals surface area contributed by atoms with Crippen molar-refractivity contribution in [3.05, 3.63) is 89.2 Å². The molecule has 0 spiro atoms. The van der Waals surface area contributed by atoms with E-state index in [1.165, 1.54) is 0 Å². The predicted molar refractivity (Wildman–Crippen MR) is 129 cm³/mol. The molecule has 8 heteroatoms. The van der Waals surface area contributed by atoms with Crippen LogP contribution in [0, 0.1) is 5.82 Å². The van der Waals surface area contributed by atoms with Crippen LogP contribution in [0.3, 0.4) is 0 Å². The number of aromatic carboxylic acids is 1. The first-order valence-corrected chi connectivity index (χ1v) is 11.3. The second-order valence-electron chi connectivity index (χ2n) is 8.30. The monoisotopic (exact) mass is 476 g/mol. The molecule has 0 aliphatic heterocycles. The molecule has 1 unspecified atom stereocenters. The van der Waals surface area contributed by atoms with E-state index in [2.05, 4.69) is 10.6 Å². The van der Waals surface area contributed by atoms with Gasteiger partial charge in [-0.3, -0.25) is 4.79 Å². The minimum absolute atomic E-state index is 0.0929. The molecule has 0 radical (unpaired) electrons. The molecule has 3 aromatic carbocycles. The molecule has 0 bridgehead atoms. The van der Waals surface area contributed by atoms with Crippen molar-refractivity contribution in [3.63, 3.8) is 0 Å². The summed E-state index contributed by atoms with van der Waals surface area (Å²) < 4.78 is 19.6. The van der Waals surface area contributed by atoms with Crippen LogP contribution in [0.2, 0.25) is 0 Å². The summed E-state index contributed by atoms with van der Waals surface area (Å²) in [7, 11) is 0. The summed E-state index contributed by atoms with van der Waals surface area (Å²) in [6.45, 7) is 1.93. The van der Waals surface area contributed by atoms with E-state index in [1.54, 1.807) is 0 Å². The zero-order valence-electron chi connectivity index (χ0n) is 19.1. The number of alkyl carbamates (subject to hydrolysis) is 1. The van der Waals surface area contributed by atoms with E-state index >= 15 is 0 Å². The number of ether oxygens (including phenoxy) is 1. The molecule has 1 atom stereocenters. The maximum absolute atomic E-state index is 14.1. The van der Waals surface area contributed by atoms with Crippen LogP contribution >= 0.6 is 0 Å². The smallest absolute Gasteiger partial charge is 0.407 e. The molecule has 35 heavy (non-hydrogen) atoms. The van der Waals surface area contributed by atoms with Gasteiger partial charge in [0.05, 0.1) is 11.3 Å². The van der Waals surface area contributed by atoms with Gasteiger partial charge in [-0.05, 0) is 46.9 Å². The lowest BCUT2D eigenvalue weighted by atomic mass is 9.98. The van der Waals surface area contributed by atoms with Crippen molar-refractivity contribution >= 4 is 23.7 Å². The molecule has 180 valence electrons. The molecular formula is C27H25FN2O5. The second kappa shape index (κ2) is 10.4. The number of amides is 2. The van der Waals surface area contributed by atoms with Gasteiger partial charge in [0.25, 0.3) is 0 Å². The molecule has 0 fully saturated rings. The van der Waals surface area contributed by atoms with Crippen LogP contribution in [-0.4, -0.2) is 35.7 Å². The fourth-order valence-electron chi connectivity index (χ4n) is 4.31. The van der Waals surface area contributed by atoms with Gasteiger partial charge in [0, 0.05) is 5.92 Å². The summed E-state index contributed by atoms with van der Waals surface area (Å²) in [6, 6.07) is 18.0. The molecular weight excluding hydrogens is 451 g/mol. The SMILES string of the molecule is CCCC(NC(=O)OCC1c2ccccc2-c2ccccc21)C(=O)Nc1cc(C(=O)O)ccc1F. The summed E-state index contributed by atoms with van der Waals surface area (Å²) in [5.74, 6) is -2.82. The van der Waals surface area contributed by atoms with Crippen molar-refractivity contribution < 1.29 is 28.6 Å². The van der Waals surface area contributed by atoms with Crippen LogP contribution in [0.4, 0.5) is 14.9 Å². The van der Waals surface area contributed by atoms with Gasteiger partial charge >= 0.3 is 12.1 Å². The van der Waals surface area contributed by atoms with Crippen LogP contribution in [0.15, 0.2) is 66.7 Å². The van der Waals surface area contributed by atoms with Crippen molar-refractivity contribution in [2.75, 3.05) is 11.9 Å². The minimum atomic E-state index is -1.25. The standard InChI is InChI=1S/C27H25FN2O5/c1-2-7-23(25(31)29-24-14-16(26(32)33)12-13-22(24)28)30-27(34)35-15-21-19-10-5-3-8-17(19)18-9-4-6-11-20(18)21/h3-6,8-14,21,23H,2,7,15H2,1H3,(H,29,31)(H,30,34)(H,32,33). The first-order valence-electron chi connectivity index (χ1n) is 11.3. The minimum Gasteiger partial charge on any atom is -0.478 e. The van der Waals surface area contributed by atoms with Crippen molar-refractivity contribution in [2.24, 2.45) is 0 Å². The van der Waals surface area contributed by atoms with E-state index in [0.717, 1.165) is 40.5 Å². The Labute approximate surface area is 201 Å². The number of halogens is 1. The van der Waals surface area contributed by atoms with E-state index in [1.807, 2.05) is 55.5 Å². The van der Waals surface area contributed by atoms with E-state index in [9.17, 15) is 18.8 Å². The molecule has 3 N–H and O–H groups in total. The molecule has 3 aromatic rings. The molecule has 1 aliphatic carbocycles. The van der Waals surface area contributed by atoms with Crippen molar-refractivity contribution in [1.82, 2.24) is 5.32 Å². The zero-order valence-corrected chi connectivity index (χ0v) is 19.1. The lowest BCUT2D eigenvalue weighted by Gasteiger charge is -2.19. The molecule has 7 nitrogen and oxygen atoms in total. The molecule has 2 amide bonds. The largest absolute Gasteiger partial charge is 0.478 e. The van der Waals surface area contributed by atoms with Crippen molar-refractivity contribution in [2.45, 2.75) is 31.7 Å². The number of hydrogen-bond donors (Lipinski definition) is 3. The first-order chi connectivity index (χ1) is 16.9. The van der Waals surface area contributed by atoms with Crippen molar-refractivity contribution in [1.29, 1.82) is 0 Å². The van der Waals surface area contributed by atoms with E-state index in [4.69, 9.17) is 9.84 Å². The Morgan fingerprint density at radius 1 is 1.00 bits per heavy atom. The number of carbonyl (C=O) groups excluding carboxylic acids is 2. The Hall–Kier alpha value is -4.20. The van der Waals surface area contributed by atoms with Gasteiger partial charge in [-0.25, -0.2) is 14.0 Å². The molecule has 1 aliphatic rings. The highest BCUT2D eigenvalue weighted by Crippen LogP contribution is 2.44. The zero-order chi connectivity index (χ0) is 24.9.